The van der Waals surface area contributed by atoms with Crippen LogP contribution in [0.1, 0.15) is 12.8 Å². The Labute approximate surface area is 118 Å². The van der Waals surface area contributed by atoms with Crippen molar-refractivity contribution in [2.24, 2.45) is 0 Å². The number of carbonyl (C=O) groups excluding carboxylic acids is 1. The Balaban J connectivity index is 2.06. The van der Waals surface area contributed by atoms with Crippen LogP contribution in [0.5, 0.6) is 5.75 Å². The molecule has 7 heteroatoms. The fraction of sp³-hybridized carbons (Fsp3) is 0.462. The first-order valence-electron chi connectivity index (χ1n) is 6.34. The van der Waals surface area contributed by atoms with Gasteiger partial charge in [0.2, 0.25) is 10.0 Å². The van der Waals surface area contributed by atoms with Crippen LogP contribution >= 0.6 is 0 Å². The summed E-state index contributed by atoms with van der Waals surface area (Å²) in [6.45, 7) is 0.945. The van der Waals surface area contributed by atoms with Crippen molar-refractivity contribution >= 4 is 16.0 Å². The summed E-state index contributed by atoms with van der Waals surface area (Å²) in [5.74, 6) is -0.0606. The zero-order valence-electron chi connectivity index (χ0n) is 11.2. The lowest BCUT2D eigenvalue weighted by Gasteiger charge is -2.15. The summed E-state index contributed by atoms with van der Waals surface area (Å²) >= 11 is 0. The molecule has 0 N–H and O–H groups in total. The minimum atomic E-state index is -3.41. The third kappa shape index (κ3) is 3.29. The second-order valence-electron chi connectivity index (χ2n) is 4.45. The molecule has 1 aromatic rings. The monoisotopic (exact) mass is 299 g/mol. The van der Waals surface area contributed by atoms with Crippen molar-refractivity contribution in [3.8, 4) is 5.75 Å². The molecule has 0 saturated carbocycles. The van der Waals surface area contributed by atoms with Crippen molar-refractivity contribution in [3.63, 3.8) is 0 Å². The van der Waals surface area contributed by atoms with E-state index in [4.69, 9.17) is 4.74 Å². The van der Waals surface area contributed by atoms with Crippen molar-refractivity contribution < 1.29 is 22.7 Å². The van der Waals surface area contributed by atoms with Gasteiger partial charge in [0.25, 0.3) is 0 Å². The van der Waals surface area contributed by atoms with E-state index in [-0.39, 0.29) is 11.5 Å². The number of rotatable bonds is 5. The van der Waals surface area contributed by atoms with Gasteiger partial charge >= 0.3 is 5.97 Å². The van der Waals surface area contributed by atoms with E-state index in [1.165, 1.54) is 35.7 Å². The molecule has 1 aliphatic rings. The van der Waals surface area contributed by atoms with E-state index in [1.54, 1.807) is 0 Å². The molecular formula is C13H17NO5S. The molecule has 0 spiro atoms. The number of methoxy groups -OCH3 is 1. The molecule has 0 aromatic heterocycles. The van der Waals surface area contributed by atoms with Gasteiger partial charge in [0, 0.05) is 13.1 Å². The second-order valence-corrected chi connectivity index (χ2v) is 6.39. The molecular weight excluding hydrogens is 282 g/mol. The molecule has 0 aliphatic carbocycles. The second kappa shape index (κ2) is 6.23. The van der Waals surface area contributed by atoms with E-state index in [9.17, 15) is 13.2 Å². The van der Waals surface area contributed by atoms with E-state index < -0.39 is 16.0 Å². The van der Waals surface area contributed by atoms with Crippen LogP contribution in [0.2, 0.25) is 0 Å². The Morgan fingerprint density at radius 3 is 2.35 bits per heavy atom. The minimum absolute atomic E-state index is 0.200. The van der Waals surface area contributed by atoms with E-state index in [0.29, 0.717) is 18.8 Å². The first kappa shape index (κ1) is 14.8. The van der Waals surface area contributed by atoms with Crippen LogP contribution < -0.4 is 4.74 Å². The fourth-order valence-electron chi connectivity index (χ4n) is 1.99. The van der Waals surface area contributed by atoms with Crippen LogP contribution in [0.4, 0.5) is 0 Å². The number of nitrogens with zero attached hydrogens (tertiary/aromatic N) is 1. The summed E-state index contributed by atoms with van der Waals surface area (Å²) in [4.78, 5) is 11.2. The van der Waals surface area contributed by atoms with Crippen LogP contribution in [0, 0.1) is 0 Å². The summed E-state index contributed by atoms with van der Waals surface area (Å²) in [5, 5.41) is 0. The molecule has 1 heterocycles. The van der Waals surface area contributed by atoms with Crippen molar-refractivity contribution in [1.82, 2.24) is 4.31 Å². The Bertz CT molecular complexity index is 561. The average Bonchev–Trinajstić information content (AvgIpc) is 3.00. The molecule has 1 saturated heterocycles. The van der Waals surface area contributed by atoms with Crippen molar-refractivity contribution in [3.05, 3.63) is 24.3 Å². The highest BCUT2D eigenvalue weighted by molar-refractivity contribution is 7.89. The van der Waals surface area contributed by atoms with Crippen LogP contribution in [0.25, 0.3) is 0 Å². The molecule has 110 valence electrons. The summed E-state index contributed by atoms with van der Waals surface area (Å²) in [5.41, 5.74) is 0. The van der Waals surface area contributed by atoms with Gasteiger partial charge in [-0.1, -0.05) is 0 Å². The van der Waals surface area contributed by atoms with E-state index in [2.05, 4.69) is 4.74 Å². The van der Waals surface area contributed by atoms with Crippen molar-refractivity contribution in [2.75, 3.05) is 26.8 Å². The molecule has 1 aromatic carbocycles. The van der Waals surface area contributed by atoms with Gasteiger partial charge in [-0.15, -0.1) is 0 Å². The number of ether oxygens (including phenoxy) is 2. The molecule has 0 atom stereocenters. The zero-order chi connectivity index (χ0) is 14.6. The number of hydrogen-bond acceptors (Lipinski definition) is 5. The van der Waals surface area contributed by atoms with E-state index >= 15 is 0 Å². The zero-order valence-corrected chi connectivity index (χ0v) is 12.1. The minimum Gasteiger partial charge on any atom is -0.482 e. The maximum atomic E-state index is 12.3. The smallest absolute Gasteiger partial charge is 0.343 e. The first-order chi connectivity index (χ1) is 9.54. The Morgan fingerprint density at radius 1 is 1.20 bits per heavy atom. The van der Waals surface area contributed by atoms with Crippen molar-refractivity contribution in [2.45, 2.75) is 17.7 Å². The molecule has 6 nitrogen and oxygen atoms in total. The topological polar surface area (TPSA) is 72.9 Å². The van der Waals surface area contributed by atoms with Crippen LogP contribution in [-0.4, -0.2) is 45.5 Å². The van der Waals surface area contributed by atoms with Gasteiger partial charge in [-0.25, -0.2) is 13.2 Å². The van der Waals surface area contributed by atoms with Gasteiger partial charge in [-0.05, 0) is 37.1 Å². The number of sulfonamides is 1. The molecule has 1 aliphatic heterocycles. The van der Waals surface area contributed by atoms with E-state index in [0.717, 1.165) is 12.8 Å². The van der Waals surface area contributed by atoms with Gasteiger partial charge < -0.3 is 9.47 Å². The number of esters is 1. The molecule has 0 radical (unpaired) electrons. The predicted molar refractivity (Wildman–Crippen MR) is 71.9 cm³/mol. The van der Waals surface area contributed by atoms with E-state index in [1.807, 2.05) is 0 Å². The SMILES string of the molecule is COC(=O)COc1ccc(S(=O)(=O)N2CCCC2)cc1. The van der Waals surface area contributed by atoms with Crippen LogP contribution in [0.3, 0.4) is 0 Å². The third-order valence-corrected chi connectivity index (χ3v) is 5.02. The summed E-state index contributed by atoms with van der Waals surface area (Å²) in [6.07, 6.45) is 1.80. The quantitative estimate of drug-likeness (QED) is 0.759. The maximum absolute atomic E-state index is 12.3. The molecule has 1 fully saturated rings. The summed E-state index contributed by atoms with van der Waals surface area (Å²) in [7, 11) is -2.13. The number of carbonyl (C=O) groups is 1. The highest BCUT2D eigenvalue weighted by Gasteiger charge is 2.26. The van der Waals surface area contributed by atoms with Gasteiger partial charge in [0.15, 0.2) is 6.61 Å². The lowest BCUT2D eigenvalue weighted by atomic mass is 10.3. The standard InChI is InChI=1S/C13H17NO5S/c1-18-13(15)10-19-11-4-6-12(7-5-11)20(16,17)14-8-2-3-9-14/h4-7H,2-3,8-10H2,1H3. The molecule has 20 heavy (non-hydrogen) atoms. The third-order valence-electron chi connectivity index (χ3n) is 3.11. The Morgan fingerprint density at radius 2 is 1.80 bits per heavy atom. The molecule has 0 amide bonds. The van der Waals surface area contributed by atoms with Crippen LogP contribution in [-0.2, 0) is 19.6 Å². The van der Waals surface area contributed by atoms with Gasteiger partial charge in [-0.3, -0.25) is 0 Å². The Hall–Kier alpha value is -1.60. The number of benzene rings is 1. The highest BCUT2D eigenvalue weighted by atomic mass is 32.2. The van der Waals surface area contributed by atoms with Gasteiger partial charge in [-0.2, -0.15) is 4.31 Å². The largest absolute Gasteiger partial charge is 0.482 e. The van der Waals surface area contributed by atoms with Crippen molar-refractivity contribution in [1.29, 1.82) is 0 Å². The van der Waals surface area contributed by atoms with Gasteiger partial charge in [0.05, 0.1) is 12.0 Å². The predicted octanol–water partition coefficient (Wildman–Crippen LogP) is 1.02. The first-order valence-corrected chi connectivity index (χ1v) is 7.78. The van der Waals surface area contributed by atoms with Gasteiger partial charge in [0.1, 0.15) is 5.75 Å². The molecule has 0 unspecified atom stereocenters. The molecule has 0 bridgehead atoms. The average molecular weight is 299 g/mol. The summed E-state index contributed by atoms with van der Waals surface area (Å²) < 4.78 is 35.6. The lowest BCUT2D eigenvalue weighted by Crippen LogP contribution is -2.27. The fourth-order valence-corrected chi connectivity index (χ4v) is 3.50. The van der Waals surface area contributed by atoms with Crippen LogP contribution in [0.15, 0.2) is 29.2 Å². The highest BCUT2D eigenvalue weighted by Crippen LogP contribution is 2.22. The lowest BCUT2D eigenvalue weighted by molar-refractivity contribution is -0.142. The maximum Gasteiger partial charge on any atom is 0.343 e. The number of hydrogen-bond donors (Lipinski definition) is 0. The Kier molecular flexibility index (Phi) is 4.61. The summed E-state index contributed by atoms with van der Waals surface area (Å²) in [6, 6.07) is 6.04. The molecule has 2 rings (SSSR count). The normalized spacial score (nSPS) is 16.1.